The number of thiazole rings is 1. The molecule has 19 nitrogen and oxygen atoms in total. The number of nitrogens with two attached hydrogens (primary N) is 1. The number of phenols is 1. The molecule has 4 aliphatic rings. The minimum Gasteiger partial charge on any atom is -0.507 e. The number of pyridine rings is 2. The lowest BCUT2D eigenvalue weighted by atomic mass is 9.91. The Morgan fingerprint density at radius 2 is 1.69 bits per heavy atom. The number of aromatic nitrogens is 6. The van der Waals surface area contributed by atoms with E-state index < -0.39 is 18.1 Å². The molecule has 2 bridgehead atoms. The maximum Gasteiger partial charge on any atom is 0.254 e. The lowest BCUT2D eigenvalue weighted by Crippen LogP contribution is -2.54. The van der Waals surface area contributed by atoms with Crippen LogP contribution in [-0.4, -0.2) is 120 Å². The van der Waals surface area contributed by atoms with Crippen molar-refractivity contribution in [1.29, 1.82) is 0 Å². The number of aryl methyl sites for hydroxylation is 2. The molecule has 0 spiro atoms. The number of fused-ring (bicyclic) bond motifs is 2. The molecular formula is C57H63N11O8S. The lowest BCUT2D eigenvalue weighted by molar-refractivity contribution is -0.141. The lowest BCUT2D eigenvalue weighted by Gasteiger charge is -2.43. The molecule has 3 saturated heterocycles. The van der Waals surface area contributed by atoms with Crippen LogP contribution in [0.3, 0.4) is 0 Å². The number of carbonyl (C=O) groups excluding carboxylic acids is 2. The van der Waals surface area contributed by atoms with Gasteiger partial charge in [0.25, 0.3) is 5.88 Å². The number of nitrogen functional groups attached to an aromatic ring is 1. The summed E-state index contributed by atoms with van der Waals surface area (Å²) in [5, 5.41) is 36.7. The number of benzene rings is 2. The molecule has 77 heavy (non-hydrogen) atoms. The van der Waals surface area contributed by atoms with Gasteiger partial charge in [-0.15, -0.1) is 21.5 Å². The van der Waals surface area contributed by atoms with Gasteiger partial charge in [-0.2, -0.15) is 0 Å². The molecule has 400 valence electrons. The number of ether oxygens (including phenoxy) is 3. The zero-order valence-electron chi connectivity index (χ0n) is 43.3. The maximum atomic E-state index is 14.1. The number of para-hydroxylation sites is 1. The molecule has 5 aromatic heterocycles. The van der Waals surface area contributed by atoms with Crippen LogP contribution in [0.2, 0.25) is 0 Å². The number of piperazine rings is 1. The topological polar surface area (TPSA) is 241 Å². The highest BCUT2D eigenvalue weighted by Gasteiger charge is 2.44. The monoisotopic (exact) mass is 1060 g/mol. The number of likely N-dealkylation sites (tertiary alicyclic amines) is 1. The molecule has 8 heterocycles. The van der Waals surface area contributed by atoms with Crippen LogP contribution in [0.25, 0.3) is 21.7 Å². The number of aliphatic hydroxyl groups excluding tert-OH is 1. The van der Waals surface area contributed by atoms with Gasteiger partial charge in [0.15, 0.2) is 11.6 Å². The molecule has 0 radical (unpaired) electrons. The van der Waals surface area contributed by atoms with Crippen molar-refractivity contribution < 1.29 is 38.5 Å². The van der Waals surface area contributed by atoms with Crippen molar-refractivity contribution >= 4 is 40.3 Å². The van der Waals surface area contributed by atoms with Gasteiger partial charge in [-0.25, -0.2) is 9.97 Å². The van der Waals surface area contributed by atoms with E-state index in [0.717, 1.165) is 77.5 Å². The average Bonchev–Trinajstić information content (AvgIpc) is 4.30. The van der Waals surface area contributed by atoms with Crippen LogP contribution in [0, 0.1) is 12.8 Å². The second kappa shape index (κ2) is 22.4. The van der Waals surface area contributed by atoms with Gasteiger partial charge in [0.2, 0.25) is 17.7 Å². The predicted octanol–water partition coefficient (Wildman–Crippen LogP) is 7.52. The van der Waals surface area contributed by atoms with Crippen molar-refractivity contribution in [2.24, 2.45) is 5.92 Å². The normalized spacial score (nSPS) is 21.2. The molecule has 11 rings (SSSR count). The summed E-state index contributed by atoms with van der Waals surface area (Å²) in [4.78, 5) is 48.5. The Kier molecular flexibility index (Phi) is 14.9. The van der Waals surface area contributed by atoms with Crippen LogP contribution in [0.1, 0.15) is 81.0 Å². The van der Waals surface area contributed by atoms with E-state index in [4.69, 9.17) is 24.5 Å². The fourth-order valence-corrected chi connectivity index (χ4v) is 11.9. The van der Waals surface area contributed by atoms with E-state index in [1.807, 2.05) is 93.1 Å². The SMILES string of the molecule is Cc1ncsc1-c1ccc(CNC(=O)[C@@H]2C[C@@H](O)CN2C(=O)C(c2cc(OCCCc3ccc(O[C@H]4C[C@H](Oc5cc(N6C7CCC6CN(c6cc(-c8ccccc8O)nnc6N)C7)ccn5)C4)cn3)no2)C(C)C)cc1. The van der Waals surface area contributed by atoms with E-state index in [1.165, 1.54) is 4.90 Å². The van der Waals surface area contributed by atoms with Crippen LogP contribution >= 0.6 is 11.3 Å². The molecular weight excluding hydrogens is 999 g/mol. The minimum absolute atomic E-state index is 0.00779. The van der Waals surface area contributed by atoms with Crippen molar-refractivity contribution in [1.82, 2.24) is 40.5 Å². The molecule has 2 aromatic carbocycles. The van der Waals surface area contributed by atoms with Gasteiger partial charge in [0.1, 0.15) is 35.7 Å². The molecule has 3 unspecified atom stereocenters. The first kappa shape index (κ1) is 51.3. The van der Waals surface area contributed by atoms with E-state index in [1.54, 1.807) is 35.7 Å². The summed E-state index contributed by atoms with van der Waals surface area (Å²) in [5.41, 5.74) is 15.2. The van der Waals surface area contributed by atoms with Gasteiger partial charge in [-0.1, -0.05) is 50.2 Å². The van der Waals surface area contributed by atoms with E-state index in [0.29, 0.717) is 53.9 Å². The van der Waals surface area contributed by atoms with Crippen molar-refractivity contribution in [2.45, 2.75) is 115 Å². The van der Waals surface area contributed by atoms with Crippen molar-refractivity contribution in [3.63, 3.8) is 0 Å². The Morgan fingerprint density at radius 3 is 2.43 bits per heavy atom. The Morgan fingerprint density at radius 1 is 0.896 bits per heavy atom. The van der Waals surface area contributed by atoms with Gasteiger partial charge in [-0.3, -0.25) is 14.6 Å². The number of hydrogen-bond acceptors (Lipinski definition) is 18. The zero-order valence-corrected chi connectivity index (χ0v) is 44.1. The summed E-state index contributed by atoms with van der Waals surface area (Å²) in [5.74, 6) is 0.879. The van der Waals surface area contributed by atoms with Gasteiger partial charge in [0, 0.05) is 92.8 Å². The highest BCUT2D eigenvalue weighted by molar-refractivity contribution is 7.13. The van der Waals surface area contributed by atoms with E-state index in [-0.39, 0.29) is 73.2 Å². The largest absolute Gasteiger partial charge is 0.507 e. The Bertz CT molecular complexity index is 3170. The van der Waals surface area contributed by atoms with Crippen molar-refractivity contribution in [3.05, 3.63) is 126 Å². The Labute approximate surface area is 450 Å². The number of carbonyl (C=O) groups is 2. The number of amides is 2. The standard InChI is InChI=1S/C57H63N11O8S/c1-33(2)53(57(72)67-31-41(69)22-48(67)56(71)61-27-35-10-12-36(13-11-35)54-34(3)62-32-77-54)50-26-52(65-76-50)73-20-6-7-37-14-17-42(28-60-37)74-43-23-44(24-43)75-51-21-38(18-19-59-51)68-39-15-16-40(68)30-66(29-39)47-25-46(63-64-55(47)58)45-8-4-5-9-49(45)70/h4-5,8-14,17-19,21,25-26,28,32-33,39-41,43-44,48,53,69-70H,6-7,15-16,20,22-24,27,29-31H2,1-3H3,(H2,58,64)(H,61,71)/t39?,40?,41-,43-,44-,48+,53?/m1/s1. The number of aliphatic hydroxyl groups is 1. The average molecular weight is 1060 g/mol. The highest BCUT2D eigenvalue weighted by Crippen LogP contribution is 2.41. The maximum absolute atomic E-state index is 14.1. The van der Waals surface area contributed by atoms with Crippen molar-refractivity contribution in [3.8, 4) is 45.0 Å². The number of aromatic hydroxyl groups is 1. The fraction of sp³-hybridized carbons (Fsp3) is 0.404. The van der Waals surface area contributed by atoms with E-state index >= 15 is 0 Å². The molecule has 5 N–H and O–H groups in total. The third-order valence-electron chi connectivity index (χ3n) is 15.1. The first-order chi connectivity index (χ1) is 37.4. The van der Waals surface area contributed by atoms with Crippen LogP contribution in [0.5, 0.6) is 23.3 Å². The first-order valence-corrected chi connectivity index (χ1v) is 27.3. The summed E-state index contributed by atoms with van der Waals surface area (Å²) in [6, 6.07) is 26.4. The number of hydrogen-bond donors (Lipinski definition) is 4. The summed E-state index contributed by atoms with van der Waals surface area (Å²) in [6.07, 6.45) is 7.80. The van der Waals surface area contributed by atoms with Gasteiger partial charge < -0.3 is 54.7 Å². The zero-order chi connectivity index (χ0) is 53.2. The van der Waals surface area contributed by atoms with Crippen LogP contribution in [-0.2, 0) is 22.6 Å². The molecule has 2 amide bonds. The molecule has 5 atom stereocenters. The van der Waals surface area contributed by atoms with E-state index in [2.05, 4.69) is 51.5 Å². The first-order valence-electron chi connectivity index (χ1n) is 26.4. The number of nitrogens with zero attached hydrogens (tertiary/aromatic N) is 9. The van der Waals surface area contributed by atoms with Gasteiger partial charge >= 0.3 is 0 Å². The second-order valence-electron chi connectivity index (χ2n) is 20.8. The van der Waals surface area contributed by atoms with Crippen LogP contribution < -0.4 is 35.1 Å². The summed E-state index contributed by atoms with van der Waals surface area (Å²) in [6.45, 7) is 8.04. The molecule has 20 heteroatoms. The Balaban J connectivity index is 0.607. The quantitative estimate of drug-likeness (QED) is 0.0573. The minimum atomic E-state index is -0.827. The third kappa shape index (κ3) is 11.3. The smallest absolute Gasteiger partial charge is 0.254 e. The van der Waals surface area contributed by atoms with Gasteiger partial charge in [-0.05, 0) is 91.2 Å². The summed E-state index contributed by atoms with van der Waals surface area (Å²) < 4.78 is 24.2. The summed E-state index contributed by atoms with van der Waals surface area (Å²) in [7, 11) is 0. The van der Waals surface area contributed by atoms with E-state index in [9.17, 15) is 19.8 Å². The second-order valence-corrected chi connectivity index (χ2v) is 21.7. The molecule has 1 aliphatic carbocycles. The van der Waals surface area contributed by atoms with Gasteiger partial charge in [0.05, 0.1) is 46.4 Å². The molecule has 1 saturated carbocycles. The number of anilines is 3. The number of β-amino-alcohol motifs (C(OH)–C–C–N with tert-alkyl or cyclic N) is 1. The number of rotatable bonds is 19. The van der Waals surface area contributed by atoms with Crippen molar-refractivity contribution in [2.75, 3.05) is 41.8 Å². The molecule has 7 aromatic rings. The third-order valence-corrected chi connectivity index (χ3v) is 16.1. The predicted molar refractivity (Wildman–Crippen MR) is 290 cm³/mol. The molecule has 3 aliphatic heterocycles. The fourth-order valence-electron chi connectivity index (χ4n) is 11.1. The highest BCUT2D eigenvalue weighted by atomic mass is 32.1. The number of nitrogens with one attached hydrogen (secondary N) is 1. The molecule has 4 fully saturated rings. The summed E-state index contributed by atoms with van der Waals surface area (Å²) >= 11 is 1.59. The number of phenolic OH excluding ortho intramolecular Hbond substituents is 1. The Hall–Kier alpha value is -7.84. The van der Waals surface area contributed by atoms with Crippen LogP contribution in [0.15, 0.2) is 107 Å². The van der Waals surface area contributed by atoms with Crippen LogP contribution in [0.4, 0.5) is 17.2 Å².